The van der Waals surface area contributed by atoms with E-state index in [9.17, 15) is 0 Å². The fourth-order valence-electron chi connectivity index (χ4n) is 1.17. The maximum atomic E-state index is 5.43. The van der Waals surface area contributed by atoms with E-state index >= 15 is 0 Å². The number of ether oxygens (including phenoxy) is 1. The van der Waals surface area contributed by atoms with Crippen molar-refractivity contribution in [2.24, 2.45) is 0 Å². The van der Waals surface area contributed by atoms with Gasteiger partial charge in [0, 0.05) is 14.1 Å². The molecule has 0 bridgehead atoms. The first kappa shape index (κ1) is 10.7. The van der Waals surface area contributed by atoms with Crippen LogP contribution in [-0.4, -0.2) is 31.2 Å². The van der Waals surface area contributed by atoms with Crippen LogP contribution in [0.15, 0.2) is 10.6 Å². The van der Waals surface area contributed by atoms with E-state index in [4.69, 9.17) is 14.9 Å². The summed E-state index contributed by atoms with van der Waals surface area (Å²) in [5.41, 5.74) is 5.43. The molecule has 0 unspecified atom stereocenters. The van der Waals surface area contributed by atoms with Crippen LogP contribution in [0.2, 0.25) is 0 Å². The summed E-state index contributed by atoms with van der Waals surface area (Å²) in [6, 6.07) is 0.136. The second kappa shape index (κ2) is 4.01. The summed E-state index contributed by atoms with van der Waals surface area (Å²) in [4.78, 5) is 10.8. The molecule has 0 atom stereocenters. The van der Waals surface area contributed by atoms with Crippen molar-refractivity contribution in [1.29, 1.82) is 0 Å². The van der Waals surface area contributed by atoms with Crippen LogP contribution in [0.25, 0.3) is 10.6 Å². The van der Waals surface area contributed by atoms with Gasteiger partial charge in [-0.1, -0.05) is 11.3 Å². The Morgan fingerprint density at radius 3 is 2.75 bits per heavy atom. The van der Waals surface area contributed by atoms with Crippen molar-refractivity contribution in [2.75, 3.05) is 31.8 Å². The van der Waals surface area contributed by atoms with Gasteiger partial charge < -0.3 is 19.8 Å². The van der Waals surface area contributed by atoms with Gasteiger partial charge in [0.15, 0.2) is 10.9 Å². The first-order valence-electron chi connectivity index (χ1n) is 4.55. The number of aromatic nitrogens is 2. The van der Waals surface area contributed by atoms with Crippen molar-refractivity contribution >= 4 is 22.5 Å². The zero-order valence-corrected chi connectivity index (χ0v) is 10.0. The molecule has 0 spiro atoms. The number of anilines is 2. The van der Waals surface area contributed by atoms with E-state index in [1.807, 2.05) is 19.0 Å². The summed E-state index contributed by atoms with van der Waals surface area (Å²) >= 11 is 1.46. The topological polar surface area (TPSA) is 77.4 Å². The summed E-state index contributed by atoms with van der Waals surface area (Å²) in [5, 5.41) is 0.835. The van der Waals surface area contributed by atoms with Gasteiger partial charge in [-0.2, -0.15) is 4.98 Å². The number of nitrogens with zero attached hydrogens (tertiary/aromatic N) is 3. The monoisotopic (exact) mass is 240 g/mol. The highest BCUT2D eigenvalue weighted by Gasteiger charge is 2.18. The SMILES string of the molecule is COc1nc(N(C)C)sc1-c1cnc(N)o1. The molecule has 0 saturated heterocycles. The number of hydrogen-bond acceptors (Lipinski definition) is 7. The standard InChI is InChI=1S/C9H12N4O2S/c1-13(2)9-12-7(14-3)6(16-9)5-4-11-8(10)15-5/h4H,1-3H3,(H2,10,11). The van der Waals surface area contributed by atoms with Crippen molar-refractivity contribution in [3.63, 3.8) is 0 Å². The van der Waals surface area contributed by atoms with Gasteiger partial charge in [-0.15, -0.1) is 0 Å². The lowest BCUT2D eigenvalue weighted by atomic mass is 10.4. The third kappa shape index (κ3) is 1.81. The maximum Gasteiger partial charge on any atom is 0.292 e. The summed E-state index contributed by atoms with van der Waals surface area (Å²) < 4.78 is 10.4. The van der Waals surface area contributed by atoms with Crippen LogP contribution < -0.4 is 15.4 Å². The molecule has 0 aliphatic carbocycles. The smallest absolute Gasteiger partial charge is 0.292 e. The van der Waals surface area contributed by atoms with Crippen LogP contribution in [-0.2, 0) is 0 Å². The van der Waals surface area contributed by atoms with Gasteiger partial charge in [0.1, 0.15) is 4.88 Å². The number of methoxy groups -OCH3 is 1. The molecule has 0 aromatic carbocycles. The number of thiazole rings is 1. The molecule has 0 amide bonds. The Labute approximate surface area is 96.7 Å². The highest BCUT2D eigenvalue weighted by molar-refractivity contribution is 7.19. The molecule has 0 radical (unpaired) electrons. The summed E-state index contributed by atoms with van der Waals surface area (Å²) in [5.74, 6) is 1.09. The summed E-state index contributed by atoms with van der Waals surface area (Å²) in [6.45, 7) is 0. The van der Waals surface area contributed by atoms with E-state index in [0.29, 0.717) is 11.6 Å². The van der Waals surface area contributed by atoms with Gasteiger partial charge in [0.05, 0.1) is 13.3 Å². The lowest BCUT2D eigenvalue weighted by Crippen LogP contribution is -2.07. The van der Waals surface area contributed by atoms with Crippen LogP contribution in [0.5, 0.6) is 5.88 Å². The number of hydrogen-bond donors (Lipinski definition) is 1. The number of rotatable bonds is 3. The van der Waals surface area contributed by atoms with Gasteiger partial charge in [0.2, 0.25) is 5.88 Å². The van der Waals surface area contributed by atoms with Crippen LogP contribution in [0.1, 0.15) is 0 Å². The van der Waals surface area contributed by atoms with Gasteiger partial charge in [-0.25, -0.2) is 4.98 Å². The van der Waals surface area contributed by atoms with E-state index < -0.39 is 0 Å². The Morgan fingerprint density at radius 1 is 1.50 bits per heavy atom. The molecule has 2 heterocycles. The lowest BCUT2D eigenvalue weighted by Gasteiger charge is -2.04. The molecule has 0 aliphatic heterocycles. The first-order chi connectivity index (χ1) is 7.61. The third-order valence-corrected chi connectivity index (χ3v) is 3.13. The Kier molecular flexibility index (Phi) is 2.69. The number of nitrogens with two attached hydrogens (primary N) is 1. The Morgan fingerprint density at radius 2 is 2.25 bits per heavy atom. The molecule has 6 nitrogen and oxygen atoms in total. The molecule has 0 aliphatic rings. The molecule has 0 fully saturated rings. The van der Waals surface area contributed by atoms with Crippen molar-refractivity contribution in [3.05, 3.63) is 6.20 Å². The molecule has 7 heteroatoms. The minimum Gasteiger partial charge on any atom is -0.480 e. The zero-order chi connectivity index (χ0) is 11.7. The molecule has 0 saturated carbocycles. The fraction of sp³-hybridized carbons (Fsp3) is 0.333. The minimum absolute atomic E-state index is 0.136. The minimum atomic E-state index is 0.136. The van der Waals surface area contributed by atoms with E-state index in [2.05, 4.69) is 9.97 Å². The normalized spacial score (nSPS) is 10.4. The van der Waals surface area contributed by atoms with Crippen LogP contribution in [0.3, 0.4) is 0 Å². The van der Waals surface area contributed by atoms with Crippen molar-refractivity contribution in [2.45, 2.75) is 0 Å². The van der Waals surface area contributed by atoms with Crippen LogP contribution >= 0.6 is 11.3 Å². The highest BCUT2D eigenvalue weighted by atomic mass is 32.1. The number of nitrogen functional groups attached to an aromatic ring is 1. The second-order valence-electron chi connectivity index (χ2n) is 3.29. The summed E-state index contributed by atoms with van der Waals surface area (Å²) in [6.07, 6.45) is 1.56. The predicted octanol–water partition coefficient (Wildman–Crippen LogP) is 1.45. The van der Waals surface area contributed by atoms with E-state index in [0.717, 1.165) is 10.0 Å². The largest absolute Gasteiger partial charge is 0.480 e. The average molecular weight is 240 g/mol. The van der Waals surface area contributed by atoms with Crippen LogP contribution in [0, 0.1) is 0 Å². The molecule has 16 heavy (non-hydrogen) atoms. The average Bonchev–Trinajstić information content (AvgIpc) is 2.82. The first-order valence-corrected chi connectivity index (χ1v) is 5.37. The van der Waals surface area contributed by atoms with Crippen molar-refractivity contribution in [3.8, 4) is 16.5 Å². The summed E-state index contributed by atoms with van der Waals surface area (Å²) in [7, 11) is 5.39. The fourth-order valence-corrected chi connectivity index (χ4v) is 2.08. The van der Waals surface area contributed by atoms with Crippen LogP contribution in [0.4, 0.5) is 11.1 Å². The van der Waals surface area contributed by atoms with E-state index in [-0.39, 0.29) is 6.01 Å². The molecule has 2 aromatic rings. The van der Waals surface area contributed by atoms with Gasteiger partial charge >= 0.3 is 0 Å². The van der Waals surface area contributed by atoms with Gasteiger partial charge in [0.25, 0.3) is 6.01 Å². The Balaban J connectivity index is 2.47. The Bertz CT molecular complexity index is 491. The molecule has 2 rings (SSSR count). The van der Waals surface area contributed by atoms with E-state index in [1.54, 1.807) is 13.3 Å². The molecule has 2 N–H and O–H groups in total. The lowest BCUT2D eigenvalue weighted by molar-refractivity contribution is 0.401. The quantitative estimate of drug-likeness (QED) is 0.875. The Hall–Kier alpha value is -1.76. The van der Waals surface area contributed by atoms with Gasteiger partial charge in [-0.3, -0.25) is 0 Å². The number of oxazole rings is 1. The van der Waals surface area contributed by atoms with Crippen molar-refractivity contribution < 1.29 is 9.15 Å². The molecular formula is C9H12N4O2S. The van der Waals surface area contributed by atoms with E-state index in [1.165, 1.54) is 11.3 Å². The third-order valence-electron chi connectivity index (χ3n) is 1.91. The second-order valence-corrected chi connectivity index (χ2v) is 4.27. The van der Waals surface area contributed by atoms with Crippen molar-refractivity contribution in [1.82, 2.24) is 9.97 Å². The molecular weight excluding hydrogens is 228 g/mol. The van der Waals surface area contributed by atoms with Gasteiger partial charge in [-0.05, 0) is 0 Å². The maximum absolute atomic E-state index is 5.43. The molecule has 2 aromatic heterocycles. The highest BCUT2D eigenvalue weighted by Crippen LogP contribution is 2.39. The molecule has 86 valence electrons. The zero-order valence-electron chi connectivity index (χ0n) is 9.22. The predicted molar refractivity (Wildman–Crippen MR) is 62.9 cm³/mol.